The van der Waals surface area contributed by atoms with Gasteiger partial charge in [-0.25, -0.2) is 8.78 Å². The Hall–Kier alpha value is -2.17. The summed E-state index contributed by atoms with van der Waals surface area (Å²) in [4.78, 5) is 11.1. The average molecular weight is 279 g/mol. The minimum atomic E-state index is -5.07. The summed E-state index contributed by atoms with van der Waals surface area (Å²) in [6.07, 6.45) is -5.07. The summed E-state index contributed by atoms with van der Waals surface area (Å²) in [5.41, 5.74) is -2.62. The number of carbonyl (C=O) groups is 1. The van der Waals surface area contributed by atoms with Crippen molar-refractivity contribution in [3.8, 4) is 6.07 Å². The van der Waals surface area contributed by atoms with Crippen LogP contribution < -0.4 is 0 Å². The molecule has 1 rings (SSSR count). The molecule has 102 valence electrons. The number of nitrogens with zero attached hydrogens (tertiary/aromatic N) is 1. The van der Waals surface area contributed by atoms with Gasteiger partial charge in [-0.2, -0.15) is 18.4 Å². The Morgan fingerprint density at radius 3 is 2.32 bits per heavy atom. The predicted octanol–water partition coefficient (Wildman–Crippen LogP) is 2.76. The highest BCUT2D eigenvalue weighted by Crippen LogP contribution is 2.34. The normalized spacial score (nSPS) is 12.7. The molecule has 19 heavy (non-hydrogen) atoms. The van der Waals surface area contributed by atoms with E-state index in [1.807, 2.05) is 0 Å². The third-order valence-electron chi connectivity index (χ3n) is 2.29. The molecule has 0 aromatic heterocycles. The fourth-order valence-electron chi connectivity index (χ4n) is 1.37. The van der Waals surface area contributed by atoms with Gasteiger partial charge in [-0.05, 0) is 6.07 Å². The van der Waals surface area contributed by atoms with E-state index in [-0.39, 0.29) is 6.07 Å². The minimum Gasteiger partial charge on any atom is -0.468 e. The van der Waals surface area contributed by atoms with Gasteiger partial charge in [0.05, 0.1) is 18.7 Å². The molecule has 3 nitrogen and oxygen atoms in total. The average Bonchev–Trinajstić information content (AvgIpc) is 2.33. The fraction of sp³-hybridized carbons (Fsp3) is 0.273. The van der Waals surface area contributed by atoms with Crippen molar-refractivity contribution < 1.29 is 31.5 Å². The molecule has 0 N–H and O–H groups in total. The van der Waals surface area contributed by atoms with E-state index in [1.165, 1.54) is 6.07 Å². The van der Waals surface area contributed by atoms with Gasteiger partial charge in [0, 0.05) is 5.56 Å². The zero-order valence-corrected chi connectivity index (χ0v) is 9.39. The molecule has 1 atom stereocenters. The number of methoxy groups -OCH3 is 1. The van der Waals surface area contributed by atoms with Crippen molar-refractivity contribution in [2.75, 3.05) is 7.11 Å². The Morgan fingerprint density at radius 2 is 1.89 bits per heavy atom. The van der Waals surface area contributed by atoms with E-state index in [1.54, 1.807) is 0 Å². The zero-order chi connectivity index (χ0) is 14.8. The van der Waals surface area contributed by atoms with E-state index >= 15 is 0 Å². The highest BCUT2D eigenvalue weighted by Gasteiger charge is 2.37. The summed E-state index contributed by atoms with van der Waals surface area (Å²) in [6, 6.07) is 2.13. The first-order valence-electron chi connectivity index (χ1n) is 4.76. The van der Waals surface area contributed by atoms with Gasteiger partial charge in [0.2, 0.25) is 0 Å². The van der Waals surface area contributed by atoms with Crippen LogP contribution in [0.4, 0.5) is 22.0 Å². The van der Waals surface area contributed by atoms with E-state index in [9.17, 15) is 26.7 Å². The second-order valence-corrected chi connectivity index (χ2v) is 3.41. The van der Waals surface area contributed by atoms with Crippen LogP contribution in [0.2, 0.25) is 0 Å². The van der Waals surface area contributed by atoms with E-state index < -0.39 is 40.8 Å². The van der Waals surface area contributed by atoms with Gasteiger partial charge in [-0.1, -0.05) is 6.07 Å². The Bertz CT molecular complexity index is 547. The number of halogens is 5. The van der Waals surface area contributed by atoms with Gasteiger partial charge in [-0.3, -0.25) is 4.79 Å². The topological polar surface area (TPSA) is 50.1 Å². The monoisotopic (exact) mass is 279 g/mol. The standard InChI is InChI=1S/C11H6F5NO2/c1-19-10(18)6(4-17)5-2-3-7(11(14,15)16)9(13)8(5)12/h2-3,6H,1H3. The summed E-state index contributed by atoms with van der Waals surface area (Å²) >= 11 is 0. The Labute approximate surface area is 104 Å². The molecule has 0 saturated carbocycles. The Morgan fingerprint density at radius 1 is 1.32 bits per heavy atom. The molecule has 0 radical (unpaired) electrons. The van der Waals surface area contributed by atoms with Crippen LogP contribution in [-0.4, -0.2) is 13.1 Å². The SMILES string of the molecule is COC(=O)C(C#N)c1ccc(C(F)(F)F)c(F)c1F. The van der Waals surface area contributed by atoms with Gasteiger partial charge in [0.25, 0.3) is 0 Å². The lowest BCUT2D eigenvalue weighted by atomic mass is 9.98. The summed E-state index contributed by atoms with van der Waals surface area (Å²) in [7, 11) is 0.908. The van der Waals surface area contributed by atoms with Crippen LogP contribution in [-0.2, 0) is 15.7 Å². The van der Waals surface area contributed by atoms with Crippen LogP contribution in [0.3, 0.4) is 0 Å². The third-order valence-corrected chi connectivity index (χ3v) is 2.29. The van der Waals surface area contributed by atoms with E-state index in [4.69, 9.17) is 5.26 Å². The van der Waals surface area contributed by atoms with Crippen molar-refractivity contribution >= 4 is 5.97 Å². The Kier molecular flexibility index (Phi) is 4.09. The van der Waals surface area contributed by atoms with Gasteiger partial charge in [0.1, 0.15) is 0 Å². The number of benzene rings is 1. The maximum absolute atomic E-state index is 13.5. The molecule has 0 saturated heterocycles. The number of alkyl halides is 3. The molecule has 0 fully saturated rings. The van der Waals surface area contributed by atoms with Gasteiger partial charge < -0.3 is 4.74 Å². The first-order valence-corrected chi connectivity index (χ1v) is 4.76. The number of carbonyl (C=O) groups excluding carboxylic acids is 1. The minimum absolute atomic E-state index is 0.265. The van der Waals surface area contributed by atoms with Crippen molar-refractivity contribution in [1.29, 1.82) is 5.26 Å². The molecule has 1 unspecified atom stereocenters. The van der Waals surface area contributed by atoms with Crippen molar-refractivity contribution in [2.45, 2.75) is 12.1 Å². The van der Waals surface area contributed by atoms with Crippen LogP contribution in [0.1, 0.15) is 17.0 Å². The molecule has 0 aliphatic rings. The number of hydrogen-bond donors (Lipinski definition) is 0. The van der Waals surface area contributed by atoms with E-state index in [0.29, 0.717) is 6.07 Å². The zero-order valence-electron chi connectivity index (χ0n) is 9.39. The summed E-state index contributed by atoms with van der Waals surface area (Å²) in [5, 5.41) is 8.66. The molecule has 0 aliphatic carbocycles. The largest absolute Gasteiger partial charge is 0.468 e. The maximum atomic E-state index is 13.5. The van der Waals surface area contributed by atoms with Crippen LogP contribution in [0.15, 0.2) is 12.1 Å². The molecular formula is C11H6F5NO2. The summed E-state index contributed by atoms with van der Waals surface area (Å²) < 4.78 is 67.8. The van der Waals surface area contributed by atoms with Crippen LogP contribution in [0.5, 0.6) is 0 Å². The molecule has 0 spiro atoms. The fourth-order valence-corrected chi connectivity index (χ4v) is 1.37. The molecular weight excluding hydrogens is 273 g/mol. The smallest absolute Gasteiger partial charge is 0.419 e. The molecule has 0 heterocycles. The molecule has 1 aromatic carbocycles. The van der Waals surface area contributed by atoms with Crippen molar-refractivity contribution in [1.82, 2.24) is 0 Å². The quantitative estimate of drug-likeness (QED) is 0.618. The highest BCUT2D eigenvalue weighted by molar-refractivity contribution is 5.81. The number of esters is 1. The number of hydrogen-bond acceptors (Lipinski definition) is 3. The third kappa shape index (κ3) is 2.81. The van der Waals surface area contributed by atoms with Crippen LogP contribution >= 0.6 is 0 Å². The van der Waals surface area contributed by atoms with Gasteiger partial charge in [0.15, 0.2) is 17.6 Å². The lowest BCUT2D eigenvalue weighted by molar-refractivity contribution is -0.141. The predicted molar refractivity (Wildman–Crippen MR) is 51.7 cm³/mol. The first kappa shape index (κ1) is 14.9. The molecule has 0 aliphatic heterocycles. The van der Waals surface area contributed by atoms with Crippen molar-refractivity contribution in [2.24, 2.45) is 0 Å². The van der Waals surface area contributed by atoms with Gasteiger partial charge >= 0.3 is 12.1 Å². The second-order valence-electron chi connectivity index (χ2n) is 3.41. The van der Waals surface area contributed by atoms with E-state index in [2.05, 4.69) is 4.74 Å². The number of nitriles is 1. The first-order chi connectivity index (χ1) is 8.73. The summed E-state index contributed by atoms with van der Waals surface area (Å²) in [5.74, 6) is -7.08. The second kappa shape index (κ2) is 5.22. The van der Waals surface area contributed by atoms with Crippen LogP contribution in [0.25, 0.3) is 0 Å². The lowest BCUT2D eigenvalue weighted by Crippen LogP contribution is -2.17. The van der Waals surface area contributed by atoms with Crippen molar-refractivity contribution in [3.63, 3.8) is 0 Å². The molecule has 8 heteroatoms. The molecule has 0 amide bonds. The number of ether oxygens (including phenoxy) is 1. The Balaban J connectivity index is 3.39. The van der Waals surface area contributed by atoms with Crippen LogP contribution in [0, 0.1) is 23.0 Å². The van der Waals surface area contributed by atoms with Crippen molar-refractivity contribution in [3.05, 3.63) is 34.9 Å². The van der Waals surface area contributed by atoms with E-state index in [0.717, 1.165) is 7.11 Å². The number of rotatable bonds is 2. The van der Waals surface area contributed by atoms with Gasteiger partial charge in [-0.15, -0.1) is 0 Å². The molecule has 0 bridgehead atoms. The summed E-state index contributed by atoms with van der Waals surface area (Å²) in [6.45, 7) is 0. The lowest BCUT2D eigenvalue weighted by Gasteiger charge is -2.13. The molecule has 1 aromatic rings. The maximum Gasteiger partial charge on any atom is 0.419 e. The highest BCUT2D eigenvalue weighted by atomic mass is 19.4.